The molecule has 0 aliphatic carbocycles. The lowest BCUT2D eigenvalue weighted by atomic mass is 10.2. The van der Waals surface area contributed by atoms with E-state index >= 15 is 0 Å². The average Bonchev–Trinajstić information content (AvgIpc) is 3.01. The topological polar surface area (TPSA) is 65.2 Å². The molecule has 2 aromatic heterocycles. The third-order valence-electron chi connectivity index (χ3n) is 3.86. The molecular formula is C17H18FN5O2. The zero-order chi connectivity index (χ0) is 18.1. The molecule has 0 fully saturated rings. The summed E-state index contributed by atoms with van der Waals surface area (Å²) in [6.45, 7) is 0. The van der Waals surface area contributed by atoms with E-state index in [2.05, 4.69) is 10.2 Å². The Balaban J connectivity index is 2.21. The zero-order valence-corrected chi connectivity index (χ0v) is 14.4. The summed E-state index contributed by atoms with van der Waals surface area (Å²) in [5.74, 6) is -0.386. The van der Waals surface area contributed by atoms with Gasteiger partial charge in [0.05, 0.1) is 19.0 Å². The van der Waals surface area contributed by atoms with Crippen LogP contribution in [0.3, 0.4) is 0 Å². The molecule has 0 saturated heterocycles. The summed E-state index contributed by atoms with van der Waals surface area (Å²) in [5, 5.41) is 8.35. The fraction of sp³-hybridized carbons (Fsp3) is 0.235. The highest BCUT2D eigenvalue weighted by Gasteiger charge is 2.17. The molecule has 130 valence electrons. The van der Waals surface area contributed by atoms with Gasteiger partial charge < -0.3 is 9.64 Å². The van der Waals surface area contributed by atoms with Crippen molar-refractivity contribution in [2.24, 2.45) is 7.05 Å². The van der Waals surface area contributed by atoms with Gasteiger partial charge in [-0.05, 0) is 24.3 Å². The van der Waals surface area contributed by atoms with E-state index in [0.717, 1.165) is 5.69 Å². The van der Waals surface area contributed by atoms with Crippen LogP contribution in [-0.2, 0) is 7.05 Å². The first-order valence-corrected chi connectivity index (χ1v) is 7.56. The van der Waals surface area contributed by atoms with E-state index in [4.69, 9.17) is 4.74 Å². The summed E-state index contributed by atoms with van der Waals surface area (Å²) >= 11 is 0. The van der Waals surface area contributed by atoms with Crippen LogP contribution in [0.4, 0.5) is 10.1 Å². The van der Waals surface area contributed by atoms with Crippen molar-refractivity contribution < 1.29 is 9.13 Å². The Hall–Kier alpha value is -3.16. The van der Waals surface area contributed by atoms with Crippen molar-refractivity contribution in [3.63, 3.8) is 0 Å². The third-order valence-corrected chi connectivity index (χ3v) is 3.86. The molecular weight excluding hydrogens is 325 g/mol. The number of benzene rings is 1. The summed E-state index contributed by atoms with van der Waals surface area (Å²) in [5.41, 5.74) is 1.21. The Kier molecular flexibility index (Phi) is 4.26. The Morgan fingerprint density at radius 1 is 1.24 bits per heavy atom. The van der Waals surface area contributed by atoms with E-state index in [9.17, 15) is 9.18 Å². The van der Waals surface area contributed by atoms with Gasteiger partial charge in [0.1, 0.15) is 5.69 Å². The van der Waals surface area contributed by atoms with Gasteiger partial charge in [-0.2, -0.15) is 10.2 Å². The lowest BCUT2D eigenvalue weighted by Crippen LogP contribution is -2.18. The van der Waals surface area contributed by atoms with Crippen molar-refractivity contribution in [2.75, 3.05) is 26.1 Å². The zero-order valence-electron chi connectivity index (χ0n) is 14.4. The minimum absolute atomic E-state index is 0.0716. The smallest absolute Gasteiger partial charge is 0.251 e. The first-order chi connectivity index (χ1) is 11.9. The number of aryl methyl sites for hydroxylation is 1. The van der Waals surface area contributed by atoms with Gasteiger partial charge in [-0.25, -0.2) is 9.07 Å². The molecule has 8 heteroatoms. The van der Waals surface area contributed by atoms with E-state index in [-0.39, 0.29) is 22.6 Å². The number of nitrogens with zero attached hydrogens (tertiary/aromatic N) is 5. The standard InChI is InChI=1S/C17H18FN5O2/c1-21(2)11-5-6-13(12(18)9-11)23-10-15(25-4)17(24)16(20-23)14-7-8-19-22(14)3/h5-10H,1-4H3. The van der Waals surface area contributed by atoms with Crippen molar-refractivity contribution in [3.8, 4) is 22.8 Å². The highest BCUT2D eigenvalue weighted by atomic mass is 19.1. The molecule has 0 spiro atoms. The normalized spacial score (nSPS) is 10.8. The van der Waals surface area contributed by atoms with Gasteiger partial charge in [0, 0.05) is 33.0 Å². The number of rotatable bonds is 4. The predicted molar refractivity (Wildman–Crippen MR) is 92.9 cm³/mol. The van der Waals surface area contributed by atoms with Crippen molar-refractivity contribution in [1.29, 1.82) is 0 Å². The maximum absolute atomic E-state index is 14.6. The predicted octanol–water partition coefficient (Wildman–Crippen LogP) is 1.85. The molecule has 3 rings (SSSR count). The quantitative estimate of drug-likeness (QED) is 0.723. The van der Waals surface area contributed by atoms with Gasteiger partial charge in [-0.1, -0.05) is 0 Å². The summed E-state index contributed by atoms with van der Waals surface area (Å²) in [4.78, 5) is 14.3. The lowest BCUT2D eigenvalue weighted by molar-refractivity contribution is 0.405. The second kappa shape index (κ2) is 6.39. The number of hydrogen-bond donors (Lipinski definition) is 0. The first kappa shape index (κ1) is 16.7. The van der Waals surface area contributed by atoms with E-state index in [1.807, 2.05) is 14.1 Å². The number of methoxy groups -OCH3 is 1. The largest absolute Gasteiger partial charge is 0.491 e. The number of anilines is 1. The molecule has 3 aromatic rings. The number of aromatic nitrogens is 4. The van der Waals surface area contributed by atoms with Crippen LogP contribution >= 0.6 is 0 Å². The summed E-state index contributed by atoms with van der Waals surface area (Å²) < 4.78 is 22.5. The molecule has 0 amide bonds. The SMILES string of the molecule is COc1cn(-c2ccc(N(C)C)cc2F)nc(-c2ccnn2C)c1=O. The molecule has 0 bridgehead atoms. The van der Waals surface area contributed by atoms with Crippen LogP contribution in [0, 0.1) is 5.82 Å². The van der Waals surface area contributed by atoms with Crippen LogP contribution in [0.5, 0.6) is 5.75 Å². The molecule has 0 saturated carbocycles. The molecule has 1 aromatic carbocycles. The Labute approximate surface area is 143 Å². The second-order valence-corrected chi connectivity index (χ2v) is 5.69. The van der Waals surface area contributed by atoms with E-state index in [0.29, 0.717) is 5.69 Å². The van der Waals surface area contributed by atoms with Crippen LogP contribution in [0.25, 0.3) is 17.1 Å². The Morgan fingerprint density at radius 3 is 2.56 bits per heavy atom. The van der Waals surface area contributed by atoms with Crippen molar-refractivity contribution >= 4 is 5.69 Å². The summed E-state index contributed by atoms with van der Waals surface area (Å²) in [6, 6.07) is 6.45. The van der Waals surface area contributed by atoms with Gasteiger partial charge in [0.25, 0.3) is 5.43 Å². The van der Waals surface area contributed by atoms with E-state index in [1.165, 1.54) is 28.7 Å². The Bertz CT molecular complexity index is 977. The van der Waals surface area contributed by atoms with Crippen molar-refractivity contribution in [3.05, 3.63) is 52.7 Å². The van der Waals surface area contributed by atoms with Gasteiger partial charge in [0.15, 0.2) is 17.3 Å². The summed E-state index contributed by atoms with van der Waals surface area (Å²) in [7, 11) is 6.75. The minimum Gasteiger partial charge on any atom is -0.491 e. The molecule has 0 unspecified atom stereocenters. The first-order valence-electron chi connectivity index (χ1n) is 7.56. The molecule has 0 N–H and O–H groups in total. The maximum atomic E-state index is 14.6. The minimum atomic E-state index is -0.458. The highest BCUT2D eigenvalue weighted by Crippen LogP contribution is 2.22. The van der Waals surface area contributed by atoms with Gasteiger partial charge in [0.2, 0.25) is 0 Å². The number of hydrogen-bond acceptors (Lipinski definition) is 5. The molecule has 0 aliphatic heterocycles. The molecule has 0 radical (unpaired) electrons. The molecule has 25 heavy (non-hydrogen) atoms. The molecule has 2 heterocycles. The summed E-state index contributed by atoms with van der Waals surface area (Å²) in [6.07, 6.45) is 2.93. The second-order valence-electron chi connectivity index (χ2n) is 5.69. The average molecular weight is 343 g/mol. The van der Waals surface area contributed by atoms with Gasteiger partial charge in [-0.15, -0.1) is 0 Å². The monoisotopic (exact) mass is 343 g/mol. The van der Waals surface area contributed by atoms with Gasteiger partial charge >= 0.3 is 0 Å². The van der Waals surface area contributed by atoms with Crippen molar-refractivity contribution in [1.82, 2.24) is 19.6 Å². The highest BCUT2D eigenvalue weighted by molar-refractivity contribution is 5.57. The van der Waals surface area contributed by atoms with E-state index < -0.39 is 5.82 Å². The number of halogens is 1. The lowest BCUT2D eigenvalue weighted by Gasteiger charge is -2.15. The van der Waals surface area contributed by atoms with Crippen molar-refractivity contribution in [2.45, 2.75) is 0 Å². The molecule has 0 aliphatic rings. The van der Waals surface area contributed by atoms with Crippen LogP contribution in [0.1, 0.15) is 0 Å². The Morgan fingerprint density at radius 2 is 2.00 bits per heavy atom. The molecule has 7 nitrogen and oxygen atoms in total. The number of ether oxygens (including phenoxy) is 1. The fourth-order valence-corrected chi connectivity index (χ4v) is 2.47. The third kappa shape index (κ3) is 2.98. The van der Waals surface area contributed by atoms with Crippen LogP contribution in [0.2, 0.25) is 0 Å². The van der Waals surface area contributed by atoms with Gasteiger partial charge in [-0.3, -0.25) is 9.48 Å². The van der Waals surface area contributed by atoms with Crippen LogP contribution < -0.4 is 15.1 Å². The van der Waals surface area contributed by atoms with Crippen LogP contribution in [0.15, 0.2) is 41.5 Å². The molecule has 0 atom stereocenters. The maximum Gasteiger partial charge on any atom is 0.251 e. The van der Waals surface area contributed by atoms with E-state index in [1.54, 1.807) is 36.3 Å². The van der Waals surface area contributed by atoms with Crippen LogP contribution in [-0.4, -0.2) is 40.8 Å². The fourth-order valence-electron chi connectivity index (χ4n) is 2.47.